The number of likely N-dealkylation sites (tertiary alicyclic amines) is 2. The highest BCUT2D eigenvalue weighted by atomic mass is 16.2. The van der Waals surface area contributed by atoms with E-state index in [2.05, 4.69) is 10.2 Å². The summed E-state index contributed by atoms with van der Waals surface area (Å²) in [6.07, 6.45) is 5.93. The zero-order valence-corrected chi connectivity index (χ0v) is 20.5. The van der Waals surface area contributed by atoms with Crippen molar-refractivity contribution < 1.29 is 14.4 Å². The lowest BCUT2D eigenvalue weighted by molar-refractivity contribution is -0.139. The van der Waals surface area contributed by atoms with Crippen LogP contribution in [0, 0.1) is 11.8 Å². The van der Waals surface area contributed by atoms with Gasteiger partial charge < -0.3 is 15.1 Å². The third kappa shape index (κ3) is 6.31. The number of hydrogen-bond acceptors (Lipinski definition) is 4. The van der Waals surface area contributed by atoms with Gasteiger partial charge in [0.2, 0.25) is 17.7 Å². The van der Waals surface area contributed by atoms with E-state index in [-0.39, 0.29) is 41.6 Å². The first-order chi connectivity index (χ1) is 14.5. The molecule has 0 aromatic rings. The van der Waals surface area contributed by atoms with Gasteiger partial charge in [0, 0.05) is 25.7 Å². The Morgan fingerprint density at radius 2 is 1.65 bits per heavy atom. The van der Waals surface area contributed by atoms with Gasteiger partial charge in [-0.2, -0.15) is 0 Å². The molecule has 2 aliphatic rings. The third-order valence-electron chi connectivity index (χ3n) is 6.68. The molecule has 0 radical (unpaired) electrons. The predicted molar refractivity (Wildman–Crippen MR) is 123 cm³/mol. The maximum atomic E-state index is 13.5. The highest BCUT2D eigenvalue weighted by molar-refractivity contribution is 5.94. The number of rotatable bonds is 8. The quantitative estimate of drug-likeness (QED) is 0.595. The second-order valence-corrected chi connectivity index (χ2v) is 9.90. The van der Waals surface area contributed by atoms with Crippen molar-refractivity contribution in [3.8, 4) is 0 Å². The molecule has 2 aliphatic heterocycles. The maximum absolute atomic E-state index is 13.5. The molecule has 3 atom stereocenters. The number of nitrogens with zero attached hydrogens (tertiary/aromatic N) is 3. The molecule has 7 nitrogen and oxygen atoms in total. The van der Waals surface area contributed by atoms with Crippen LogP contribution >= 0.6 is 0 Å². The molecule has 1 N–H and O–H groups in total. The van der Waals surface area contributed by atoms with E-state index >= 15 is 0 Å². The van der Waals surface area contributed by atoms with Crippen LogP contribution in [0.1, 0.15) is 60.3 Å². The normalized spacial score (nSPS) is 22.2. The standard InChI is InChI=1S/C24H42N4O3/c1-16(2)20(15-18(5)23(30)28-13-10-14-28)27(7)24(31)21(17(3)4)25-22(29)19-11-8-9-12-26(19)6/h15-17,19-21H,8-14H2,1-7H3,(H,25,29)/t19?,20-,21+/m1/s1. The molecule has 0 spiro atoms. The number of hydrogen-bond donors (Lipinski definition) is 1. The lowest BCUT2D eigenvalue weighted by Crippen LogP contribution is -2.57. The van der Waals surface area contributed by atoms with Crippen LogP contribution in [-0.2, 0) is 14.4 Å². The van der Waals surface area contributed by atoms with Crippen molar-refractivity contribution in [3.05, 3.63) is 11.6 Å². The molecule has 0 aromatic heterocycles. The van der Waals surface area contributed by atoms with Crippen molar-refractivity contribution in [3.63, 3.8) is 0 Å². The van der Waals surface area contributed by atoms with Crippen LogP contribution in [0.4, 0.5) is 0 Å². The third-order valence-corrected chi connectivity index (χ3v) is 6.68. The van der Waals surface area contributed by atoms with Gasteiger partial charge in [-0.15, -0.1) is 0 Å². The monoisotopic (exact) mass is 434 g/mol. The molecule has 176 valence electrons. The summed E-state index contributed by atoms with van der Waals surface area (Å²) in [5, 5.41) is 3.04. The SMILES string of the molecule is CC(=C[C@H](C(C)C)N(C)C(=O)[C@@H](NC(=O)C1CCCCN1C)C(C)C)C(=O)N1CCC1. The average Bonchev–Trinajstić information content (AvgIpc) is 2.67. The van der Waals surface area contributed by atoms with Crippen molar-refractivity contribution >= 4 is 17.7 Å². The molecule has 0 saturated carbocycles. The number of nitrogens with one attached hydrogen (secondary N) is 1. The van der Waals surface area contributed by atoms with Crippen molar-refractivity contribution in [2.24, 2.45) is 11.8 Å². The summed E-state index contributed by atoms with van der Waals surface area (Å²) >= 11 is 0. The van der Waals surface area contributed by atoms with Gasteiger partial charge >= 0.3 is 0 Å². The first-order valence-electron chi connectivity index (χ1n) is 11.8. The summed E-state index contributed by atoms with van der Waals surface area (Å²) < 4.78 is 0. The molecule has 31 heavy (non-hydrogen) atoms. The number of piperidine rings is 1. The van der Waals surface area contributed by atoms with Crippen LogP contribution < -0.4 is 5.32 Å². The minimum Gasteiger partial charge on any atom is -0.343 e. The Hall–Kier alpha value is -1.89. The van der Waals surface area contributed by atoms with E-state index in [0.29, 0.717) is 5.57 Å². The second-order valence-electron chi connectivity index (χ2n) is 9.90. The summed E-state index contributed by atoms with van der Waals surface area (Å²) in [5.41, 5.74) is 0.673. The van der Waals surface area contributed by atoms with Gasteiger partial charge in [0.15, 0.2) is 0 Å². The average molecular weight is 435 g/mol. The minimum absolute atomic E-state index is 0.0339. The fourth-order valence-corrected chi connectivity index (χ4v) is 4.38. The minimum atomic E-state index is -0.589. The van der Waals surface area contributed by atoms with Crippen molar-refractivity contribution in [1.29, 1.82) is 0 Å². The van der Waals surface area contributed by atoms with Gasteiger partial charge in [-0.3, -0.25) is 19.3 Å². The smallest absolute Gasteiger partial charge is 0.249 e. The van der Waals surface area contributed by atoms with Crippen LogP contribution in [0.5, 0.6) is 0 Å². The van der Waals surface area contributed by atoms with Crippen molar-refractivity contribution in [2.45, 2.75) is 78.4 Å². The van der Waals surface area contributed by atoms with Crippen LogP contribution in [0.2, 0.25) is 0 Å². The van der Waals surface area contributed by atoms with Gasteiger partial charge in [-0.1, -0.05) is 40.2 Å². The van der Waals surface area contributed by atoms with Crippen LogP contribution in [-0.4, -0.2) is 84.3 Å². The van der Waals surface area contributed by atoms with E-state index in [9.17, 15) is 14.4 Å². The number of carbonyl (C=O) groups is 3. The van der Waals surface area contributed by atoms with Gasteiger partial charge in [0.25, 0.3) is 0 Å². The van der Waals surface area contributed by atoms with E-state index in [1.54, 1.807) is 11.9 Å². The van der Waals surface area contributed by atoms with E-state index in [4.69, 9.17) is 0 Å². The van der Waals surface area contributed by atoms with Gasteiger partial charge in [-0.25, -0.2) is 0 Å². The first-order valence-corrected chi connectivity index (χ1v) is 11.8. The molecule has 1 unspecified atom stereocenters. The molecule has 7 heteroatoms. The Morgan fingerprint density at radius 1 is 1.00 bits per heavy atom. The van der Waals surface area contributed by atoms with E-state index in [1.807, 2.05) is 52.6 Å². The summed E-state index contributed by atoms with van der Waals surface area (Å²) in [6.45, 7) is 12.4. The topological polar surface area (TPSA) is 73.0 Å². The summed E-state index contributed by atoms with van der Waals surface area (Å²) in [6, 6.07) is -0.979. The molecule has 2 fully saturated rings. The van der Waals surface area contributed by atoms with Gasteiger partial charge in [0.1, 0.15) is 6.04 Å². The molecule has 0 bridgehead atoms. The van der Waals surface area contributed by atoms with Crippen LogP contribution in [0.15, 0.2) is 11.6 Å². The largest absolute Gasteiger partial charge is 0.343 e. The highest BCUT2D eigenvalue weighted by Crippen LogP contribution is 2.20. The molecule has 0 aromatic carbocycles. The number of carbonyl (C=O) groups excluding carboxylic acids is 3. The van der Waals surface area contributed by atoms with Gasteiger partial charge in [0.05, 0.1) is 12.1 Å². The predicted octanol–water partition coefficient (Wildman–Crippen LogP) is 2.27. The van der Waals surface area contributed by atoms with E-state index in [1.165, 1.54) is 0 Å². The first kappa shape index (κ1) is 25.4. The van der Waals surface area contributed by atoms with E-state index < -0.39 is 6.04 Å². The van der Waals surface area contributed by atoms with Crippen molar-refractivity contribution in [2.75, 3.05) is 33.7 Å². The number of likely N-dealkylation sites (N-methyl/N-ethyl adjacent to an activating group) is 2. The molecule has 0 aliphatic carbocycles. The van der Waals surface area contributed by atoms with Crippen LogP contribution in [0.25, 0.3) is 0 Å². The lowest BCUT2D eigenvalue weighted by atomic mass is 9.95. The van der Waals surface area contributed by atoms with Crippen LogP contribution in [0.3, 0.4) is 0 Å². The molecule has 2 rings (SSSR count). The Kier molecular flexibility index (Phi) is 9.10. The molecule has 2 heterocycles. The fourth-order valence-electron chi connectivity index (χ4n) is 4.38. The Bertz CT molecular complexity index is 684. The van der Waals surface area contributed by atoms with Crippen molar-refractivity contribution in [1.82, 2.24) is 20.0 Å². The molecular weight excluding hydrogens is 392 g/mol. The second kappa shape index (κ2) is 11.1. The fraction of sp³-hybridized carbons (Fsp3) is 0.792. The highest BCUT2D eigenvalue weighted by Gasteiger charge is 2.34. The maximum Gasteiger partial charge on any atom is 0.249 e. The number of amides is 3. The summed E-state index contributed by atoms with van der Waals surface area (Å²) in [7, 11) is 3.75. The zero-order valence-electron chi connectivity index (χ0n) is 20.5. The summed E-state index contributed by atoms with van der Waals surface area (Å²) in [4.78, 5) is 44.6. The molecular formula is C24H42N4O3. The molecule has 3 amide bonds. The Labute approximate surface area is 188 Å². The zero-order chi connectivity index (χ0) is 23.3. The van der Waals surface area contributed by atoms with E-state index in [0.717, 1.165) is 45.3 Å². The van der Waals surface area contributed by atoms with Gasteiger partial charge in [-0.05, 0) is 51.6 Å². The molecule has 2 saturated heterocycles. The summed E-state index contributed by atoms with van der Waals surface area (Å²) in [5.74, 6) is -0.0225. The lowest BCUT2D eigenvalue weighted by Gasteiger charge is -2.36. The Morgan fingerprint density at radius 3 is 2.13 bits per heavy atom. The Balaban J connectivity index is 2.14.